The zero-order valence-electron chi connectivity index (χ0n) is 10.4. The second-order valence-electron chi connectivity index (χ2n) is 5.52. The molecular formula is C14H22N2. The summed E-state index contributed by atoms with van der Waals surface area (Å²) >= 11 is 0. The Kier molecular flexibility index (Phi) is 3.29. The molecule has 1 aliphatic rings. The molecular weight excluding hydrogens is 196 g/mol. The number of pyridine rings is 1. The fraction of sp³-hybridized carbons (Fsp3) is 0.643. The predicted octanol–water partition coefficient (Wildman–Crippen LogP) is 2.88. The van der Waals surface area contributed by atoms with E-state index < -0.39 is 0 Å². The molecule has 0 aliphatic heterocycles. The van der Waals surface area contributed by atoms with Gasteiger partial charge in [-0.1, -0.05) is 19.9 Å². The monoisotopic (exact) mass is 218 g/mol. The van der Waals surface area contributed by atoms with Crippen molar-refractivity contribution in [3.8, 4) is 0 Å². The molecule has 1 aromatic rings. The molecule has 2 rings (SSSR count). The van der Waals surface area contributed by atoms with Crippen LogP contribution in [-0.2, 0) is 6.42 Å². The van der Waals surface area contributed by atoms with E-state index in [2.05, 4.69) is 31.0 Å². The number of aryl methyl sites for hydroxylation is 1. The van der Waals surface area contributed by atoms with Gasteiger partial charge < -0.3 is 5.73 Å². The summed E-state index contributed by atoms with van der Waals surface area (Å²) in [5, 5.41) is 0. The lowest BCUT2D eigenvalue weighted by atomic mass is 9.69. The van der Waals surface area contributed by atoms with Crippen LogP contribution >= 0.6 is 0 Å². The second kappa shape index (κ2) is 4.54. The van der Waals surface area contributed by atoms with Crippen molar-refractivity contribution in [1.29, 1.82) is 0 Å². The summed E-state index contributed by atoms with van der Waals surface area (Å²) in [6, 6.07) is 4.28. The van der Waals surface area contributed by atoms with Crippen LogP contribution in [0.5, 0.6) is 0 Å². The van der Waals surface area contributed by atoms with Crippen LogP contribution in [-0.4, -0.2) is 11.5 Å². The summed E-state index contributed by atoms with van der Waals surface area (Å²) in [6.07, 6.45) is 6.75. The highest BCUT2D eigenvalue weighted by molar-refractivity contribution is 5.27. The van der Waals surface area contributed by atoms with Crippen molar-refractivity contribution in [1.82, 2.24) is 4.98 Å². The Hall–Kier alpha value is -0.890. The number of nitrogens with zero attached hydrogens (tertiary/aromatic N) is 1. The summed E-state index contributed by atoms with van der Waals surface area (Å²) < 4.78 is 0. The molecule has 0 amide bonds. The topological polar surface area (TPSA) is 38.9 Å². The van der Waals surface area contributed by atoms with E-state index in [0.717, 1.165) is 13.0 Å². The van der Waals surface area contributed by atoms with Gasteiger partial charge >= 0.3 is 0 Å². The van der Waals surface area contributed by atoms with E-state index in [4.69, 9.17) is 5.73 Å². The number of rotatable bonds is 3. The van der Waals surface area contributed by atoms with Crippen LogP contribution in [0.3, 0.4) is 0 Å². The van der Waals surface area contributed by atoms with E-state index in [1.807, 2.05) is 6.20 Å². The summed E-state index contributed by atoms with van der Waals surface area (Å²) in [6.45, 7) is 5.42. The minimum Gasteiger partial charge on any atom is -0.330 e. The maximum atomic E-state index is 5.72. The fourth-order valence-electron chi connectivity index (χ4n) is 2.92. The average Bonchev–Trinajstić information content (AvgIpc) is 2.28. The van der Waals surface area contributed by atoms with Gasteiger partial charge in [-0.15, -0.1) is 0 Å². The molecule has 0 aromatic carbocycles. The molecule has 2 heteroatoms. The minimum atomic E-state index is 0.276. The normalized spacial score (nSPS) is 20.6. The van der Waals surface area contributed by atoms with E-state index >= 15 is 0 Å². The van der Waals surface area contributed by atoms with E-state index in [-0.39, 0.29) is 5.41 Å². The van der Waals surface area contributed by atoms with Gasteiger partial charge in [0.2, 0.25) is 0 Å². The quantitative estimate of drug-likeness (QED) is 0.847. The Bertz CT molecular complexity index is 358. The summed E-state index contributed by atoms with van der Waals surface area (Å²) in [5.74, 6) is 0.584. The van der Waals surface area contributed by atoms with Gasteiger partial charge in [0.25, 0.3) is 0 Å². The van der Waals surface area contributed by atoms with Crippen LogP contribution < -0.4 is 5.73 Å². The first-order valence-corrected chi connectivity index (χ1v) is 6.29. The van der Waals surface area contributed by atoms with Crippen LogP contribution in [0.25, 0.3) is 0 Å². The SMILES string of the molecule is CC(C)(CCN)C1CCCc2cccnc21. The lowest BCUT2D eigenvalue weighted by molar-refractivity contribution is 0.238. The molecule has 0 saturated carbocycles. The number of hydrogen-bond donors (Lipinski definition) is 1. The molecule has 0 saturated heterocycles. The highest BCUT2D eigenvalue weighted by Gasteiger charge is 2.34. The molecule has 1 atom stereocenters. The van der Waals surface area contributed by atoms with Crippen molar-refractivity contribution >= 4 is 0 Å². The van der Waals surface area contributed by atoms with Crippen molar-refractivity contribution in [3.63, 3.8) is 0 Å². The van der Waals surface area contributed by atoms with Crippen LogP contribution in [0.4, 0.5) is 0 Å². The van der Waals surface area contributed by atoms with Crippen LogP contribution in [0.2, 0.25) is 0 Å². The molecule has 0 fully saturated rings. The molecule has 2 nitrogen and oxygen atoms in total. The molecule has 1 unspecified atom stereocenters. The van der Waals surface area contributed by atoms with Crippen LogP contribution in [0.15, 0.2) is 18.3 Å². The standard InChI is InChI=1S/C14H22N2/c1-14(2,8-9-15)12-7-3-5-11-6-4-10-16-13(11)12/h4,6,10,12H,3,5,7-9,15H2,1-2H3. The molecule has 1 aliphatic carbocycles. The zero-order valence-corrected chi connectivity index (χ0v) is 10.4. The smallest absolute Gasteiger partial charge is 0.0471 e. The predicted molar refractivity (Wildman–Crippen MR) is 67.4 cm³/mol. The highest BCUT2D eigenvalue weighted by Crippen LogP contribution is 2.44. The largest absolute Gasteiger partial charge is 0.330 e. The third-order valence-electron chi connectivity index (χ3n) is 3.93. The Balaban J connectivity index is 2.31. The molecule has 2 N–H and O–H groups in total. The first kappa shape index (κ1) is 11.6. The van der Waals surface area contributed by atoms with Gasteiger partial charge in [0, 0.05) is 17.8 Å². The maximum absolute atomic E-state index is 5.72. The van der Waals surface area contributed by atoms with Gasteiger partial charge in [0.15, 0.2) is 0 Å². The Morgan fingerprint density at radius 3 is 3.06 bits per heavy atom. The first-order valence-electron chi connectivity index (χ1n) is 6.29. The van der Waals surface area contributed by atoms with Crippen molar-refractivity contribution in [3.05, 3.63) is 29.6 Å². The second-order valence-corrected chi connectivity index (χ2v) is 5.52. The van der Waals surface area contributed by atoms with Gasteiger partial charge in [-0.25, -0.2) is 0 Å². The first-order chi connectivity index (χ1) is 7.65. The van der Waals surface area contributed by atoms with E-state index in [1.54, 1.807) is 0 Å². The number of hydrogen-bond acceptors (Lipinski definition) is 2. The molecule has 88 valence electrons. The molecule has 0 spiro atoms. The van der Waals surface area contributed by atoms with Crippen LogP contribution in [0, 0.1) is 5.41 Å². The van der Waals surface area contributed by atoms with Crippen molar-refractivity contribution in [2.75, 3.05) is 6.54 Å². The maximum Gasteiger partial charge on any atom is 0.0471 e. The molecule has 16 heavy (non-hydrogen) atoms. The molecule has 1 heterocycles. The molecule has 0 bridgehead atoms. The Morgan fingerprint density at radius 2 is 2.31 bits per heavy atom. The van der Waals surface area contributed by atoms with Crippen molar-refractivity contribution < 1.29 is 0 Å². The Labute approximate surface area is 98.3 Å². The van der Waals surface area contributed by atoms with E-state index in [1.165, 1.54) is 30.5 Å². The summed E-state index contributed by atoms with van der Waals surface area (Å²) in [5.41, 5.74) is 8.77. The zero-order chi connectivity index (χ0) is 11.6. The van der Waals surface area contributed by atoms with Crippen LogP contribution in [0.1, 0.15) is 50.3 Å². The summed E-state index contributed by atoms with van der Waals surface area (Å²) in [4.78, 5) is 4.61. The van der Waals surface area contributed by atoms with Gasteiger partial charge in [-0.05, 0) is 49.3 Å². The third kappa shape index (κ3) is 2.12. The van der Waals surface area contributed by atoms with Crippen molar-refractivity contribution in [2.24, 2.45) is 11.1 Å². The minimum absolute atomic E-state index is 0.276. The number of fused-ring (bicyclic) bond motifs is 1. The number of aromatic nitrogens is 1. The highest BCUT2D eigenvalue weighted by atomic mass is 14.7. The third-order valence-corrected chi connectivity index (χ3v) is 3.93. The van der Waals surface area contributed by atoms with Crippen molar-refractivity contribution in [2.45, 2.75) is 45.4 Å². The average molecular weight is 218 g/mol. The lowest BCUT2D eigenvalue weighted by Crippen LogP contribution is -2.29. The van der Waals surface area contributed by atoms with E-state index in [0.29, 0.717) is 5.92 Å². The van der Waals surface area contributed by atoms with E-state index in [9.17, 15) is 0 Å². The van der Waals surface area contributed by atoms with Gasteiger partial charge in [-0.3, -0.25) is 4.98 Å². The molecule has 0 radical (unpaired) electrons. The van der Waals surface area contributed by atoms with Gasteiger partial charge in [0.05, 0.1) is 0 Å². The molecule has 1 aromatic heterocycles. The van der Waals surface area contributed by atoms with Gasteiger partial charge in [-0.2, -0.15) is 0 Å². The van der Waals surface area contributed by atoms with Gasteiger partial charge in [0.1, 0.15) is 0 Å². The lowest BCUT2D eigenvalue weighted by Gasteiger charge is -2.37. The number of nitrogens with two attached hydrogens (primary N) is 1. The summed E-state index contributed by atoms with van der Waals surface area (Å²) in [7, 11) is 0. The Morgan fingerprint density at radius 1 is 1.50 bits per heavy atom. The fourth-order valence-corrected chi connectivity index (χ4v) is 2.92.